The highest BCUT2D eigenvalue weighted by Crippen LogP contribution is 2.42. The fourth-order valence-electron chi connectivity index (χ4n) is 4.06. The van der Waals surface area contributed by atoms with Crippen LogP contribution in [0.3, 0.4) is 0 Å². The van der Waals surface area contributed by atoms with Crippen LogP contribution in [0.1, 0.15) is 17.0 Å². The third-order valence-electron chi connectivity index (χ3n) is 5.40. The zero-order valence-electron chi connectivity index (χ0n) is 15.0. The van der Waals surface area contributed by atoms with Crippen molar-refractivity contribution in [3.63, 3.8) is 0 Å². The van der Waals surface area contributed by atoms with Gasteiger partial charge in [-0.3, -0.25) is 19.7 Å². The van der Waals surface area contributed by atoms with E-state index in [0.717, 1.165) is 30.0 Å². The number of ether oxygens (including phenoxy) is 1. The van der Waals surface area contributed by atoms with Crippen molar-refractivity contribution in [1.29, 1.82) is 0 Å². The van der Waals surface area contributed by atoms with Crippen LogP contribution in [0.25, 0.3) is 0 Å². The molecule has 0 radical (unpaired) electrons. The third-order valence-corrected chi connectivity index (χ3v) is 5.40. The largest absolute Gasteiger partial charge is 0.380 e. The molecule has 2 aromatic heterocycles. The Morgan fingerprint density at radius 3 is 3.12 bits per heavy atom. The smallest absolute Gasteiger partial charge is 0.230 e. The Labute approximate surface area is 153 Å². The van der Waals surface area contributed by atoms with Crippen LogP contribution in [0.5, 0.6) is 0 Å². The van der Waals surface area contributed by atoms with Gasteiger partial charge in [-0.2, -0.15) is 0 Å². The average molecular weight is 352 g/mol. The number of hydrogen-bond donors (Lipinski definition) is 1. The minimum Gasteiger partial charge on any atom is -0.380 e. The van der Waals surface area contributed by atoms with Crippen molar-refractivity contribution in [3.8, 4) is 0 Å². The van der Waals surface area contributed by atoms with E-state index in [2.05, 4.69) is 20.2 Å². The van der Waals surface area contributed by atoms with Crippen molar-refractivity contribution in [1.82, 2.24) is 20.2 Å². The molecule has 0 bridgehead atoms. The number of nitrogens with one attached hydrogen (secondary N) is 1. The summed E-state index contributed by atoms with van der Waals surface area (Å²) in [6.45, 7) is 6.01. The molecule has 4 rings (SSSR count). The topological polar surface area (TPSA) is 67.3 Å². The molecule has 6 heteroatoms. The van der Waals surface area contributed by atoms with Gasteiger partial charge in [0, 0.05) is 50.2 Å². The molecule has 0 aromatic carbocycles. The Morgan fingerprint density at radius 2 is 2.31 bits per heavy atom. The lowest BCUT2D eigenvalue weighted by Crippen LogP contribution is -2.46. The summed E-state index contributed by atoms with van der Waals surface area (Å²) in [5.74, 6) is 0.324. The Balaban J connectivity index is 1.43. The van der Waals surface area contributed by atoms with E-state index in [-0.39, 0.29) is 11.8 Å². The summed E-state index contributed by atoms with van der Waals surface area (Å²) in [6.07, 6.45) is 3.52. The number of fused-ring (bicyclic) bond motifs is 1. The number of rotatable bonds is 5. The molecule has 26 heavy (non-hydrogen) atoms. The first-order valence-electron chi connectivity index (χ1n) is 9.05. The molecule has 2 aliphatic rings. The lowest BCUT2D eigenvalue weighted by molar-refractivity contribution is -0.131. The first-order valence-corrected chi connectivity index (χ1v) is 9.05. The van der Waals surface area contributed by atoms with E-state index in [9.17, 15) is 4.79 Å². The summed E-state index contributed by atoms with van der Waals surface area (Å²) >= 11 is 0. The van der Waals surface area contributed by atoms with Crippen LogP contribution in [-0.2, 0) is 22.6 Å². The van der Waals surface area contributed by atoms with Crippen LogP contribution in [0.2, 0.25) is 0 Å². The molecule has 6 nitrogen and oxygen atoms in total. The van der Waals surface area contributed by atoms with Gasteiger partial charge in [0.2, 0.25) is 5.91 Å². The third kappa shape index (κ3) is 3.34. The zero-order valence-corrected chi connectivity index (χ0v) is 15.0. The molecular weight excluding hydrogens is 328 g/mol. The molecule has 1 N–H and O–H groups in total. The lowest BCUT2D eigenvalue weighted by Gasteiger charge is -2.26. The number of carbonyl (C=O) groups is 1. The van der Waals surface area contributed by atoms with E-state index in [1.54, 1.807) is 12.4 Å². The van der Waals surface area contributed by atoms with Gasteiger partial charge in [0.25, 0.3) is 0 Å². The molecule has 2 saturated heterocycles. The Hall–Kier alpha value is -2.31. The summed E-state index contributed by atoms with van der Waals surface area (Å²) in [6, 6.07) is 9.94. The van der Waals surface area contributed by atoms with Crippen LogP contribution in [0.15, 0.2) is 42.7 Å². The summed E-state index contributed by atoms with van der Waals surface area (Å²) in [4.78, 5) is 24.0. The second-order valence-corrected chi connectivity index (χ2v) is 7.35. The highest BCUT2D eigenvalue weighted by molar-refractivity contribution is 5.84. The number of amides is 1. The van der Waals surface area contributed by atoms with Crippen LogP contribution < -0.4 is 5.32 Å². The van der Waals surface area contributed by atoms with Gasteiger partial charge < -0.3 is 10.1 Å². The molecule has 2 atom stereocenters. The molecule has 2 fully saturated rings. The Kier molecular flexibility index (Phi) is 4.70. The molecule has 4 heterocycles. The van der Waals surface area contributed by atoms with Crippen molar-refractivity contribution in [2.24, 2.45) is 11.3 Å². The van der Waals surface area contributed by atoms with Crippen molar-refractivity contribution < 1.29 is 9.53 Å². The second kappa shape index (κ2) is 7.13. The number of aryl methyl sites for hydroxylation is 1. The molecular formula is C20H24N4O2. The SMILES string of the molecule is Cc1cccc(CN2C[C@@H]3COC[C@]3(C(=O)NCc3cccnc3)C2)n1. The van der Waals surface area contributed by atoms with Crippen molar-refractivity contribution >= 4 is 5.91 Å². The number of aromatic nitrogens is 2. The Morgan fingerprint density at radius 1 is 1.38 bits per heavy atom. The van der Waals surface area contributed by atoms with Gasteiger partial charge in [-0.1, -0.05) is 12.1 Å². The van der Waals surface area contributed by atoms with Crippen LogP contribution in [0.4, 0.5) is 0 Å². The molecule has 2 aromatic rings. The van der Waals surface area contributed by atoms with Gasteiger partial charge in [-0.05, 0) is 30.7 Å². The molecule has 0 spiro atoms. The molecule has 0 aliphatic carbocycles. The number of nitrogens with zero attached hydrogens (tertiary/aromatic N) is 3. The molecule has 0 unspecified atom stereocenters. The minimum atomic E-state index is -0.452. The number of carbonyl (C=O) groups excluding carboxylic acids is 1. The van der Waals surface area contributed by atoms with E-state index in [4.69, 9.17) is 4.74 Å². The minimum absolute atomic E-state index is 0.0866. The predicted octanol–water partition coefficient (Wildman–Crippen LogP) is 1.55. The maximum absolute atomic E-state index is 13.0. The van der Waals surface area contributed by atoms with E-state index >= 15 is 0 Å². The summed E-state index contributed by atoms with van der Waals surface area (Å²) in [7, 11) is 0. The van der Waals surface area contributed by atoms with Gasteiger partial charge in [-0.25, -0.2) is 0 Å². The summed E-state index contributed by atoms with van der Waals surface area (Å²) < 4.78 is 5.69. The van der Waals surface area contributed by atoms with E-state index in [0.29, 0.717) is 26.3 Å². The average Bonchev–Trinajstić information content (AvgIpc) is 3.18. The van der Waals surface area contributed by atoms with Gasteiger partial charge in [0.15, 0.2) is 0 Å². The van der Waals surface area contributed by atoms with Gasteiger partial charge in [0.05, 0.1) is 24.3 Å². The maximum Gasteiger partial charge on any atom is 0.230 e. The first kappa shape index (κ1) is 17.1. The van der Waals surface area contributed by atoms with E-state index in [1.807, 2.05) is 37.3 Å². The Bertz CT molecular complexity index is 782. The van der Waals surface area contributed by atoms with Gasteiger partial charge in [0.1, 0.15) is 0 Å². The monoisotopic (exact) mass is 352 g/mol. The van der Waals surface area contributed by atoms with E-state index in [1.165, 1.54) is 0 Å². The van der Waals surface area contributed by atoms with Crippen LogP contribution in [0, 0.1) is 18.3 Å². The van der Waals surface area contributed by atoms with Gasteiger partial charge >= 0.3 is 0 Å². The normalized spacial score (nSPS) is 25.2. The highest BCUT2D eigenvalue weighted by atomic mass is 16.5. The quantitative estimate of drug-likeness (QED) is 0.884. The fourth-order valence-corrected chi connectivity index (χ4v) is 4.06. The number of hydrogen-bond acceptors (Lipinski definition) is 5. The summed E-state index contributed by atoms with van der Waals surface area (Å²) in [5, 5.41) is 3.10. The van der Waals surface area contributed by atoms with Crippen molar-refractivity contribution in [3.05, 3.63) is 59.7 Å². The number of pyridine rings is 2. The standard InChI is InChI=1S/C20H24N4O2/c1-15-4-2-6-18(23-15)11-24-10-17-12-26-14-20(17,13-24)19(25)22-9-16-5-3-7-21-8-16/h2-8,17H,9-14H2,1H3,(H,22,25)/t17-,20-/m1/s1. The molecule has 136 valence electrons. The van der Waals surface area contributed by atoms with Gasteiger partial charge in [-0.15, -0.1) is 0 Å². The van der Waals surface area contributed by atoms with Crippen LogP contribution >= 0.6 is 0 Å². The number of likely N-dealkylation sites (tertiary alicyclic amines) is 1. The van der Waals surface area contributed by atoms with E-state index < -0.39 is 5.41 Å². The second-order valence-electron chi connectivity index (χ2n) is 7.35. The van der Waals surface area contributed by atoms with Crippen molar-refractivity contribution in [2.45, 2.75) is 20.0 Å². The van der Waals surface area contributed by atoms with Crippen LogP contribution in [-0.4, -0.2) is 47.1 Å². The predicted molar refractivity (Wildman–Crippen MR) is 97.1 cm³/mol. The fraction of sp³-hybridized carbons (Fsp3) is 0.450. The summed E-state index contributed by atoms with van der Waals surface area (Å²) in [5.41, 5.74) is 2.63. The zero-order chi connectivity index (χ0) is 18.0. The lowest BCUT2D eigenvalue weighted by atomic mass is 9.80. The molecule has 1 amide bonds. The highest BCUT2D eigenvalue weighted by Gasteiger charge is 2.55. The molecule has 2 aliphatic heterocycles. The van der Waals surface area contributed by atoms with Crippen molar-refractivity contribution in [2.75, 3.05) is 26.3 Å². The first-order chi connectivity index (χ1) is 12.7. The maximum atomic E-state index is 13.0. The molecule has 0 saturated carbocycles.